The predicted molar refractivity (Wildman–Crippen MR) is 83.0 cm³/mol. The fourth-order valence-corrected chi connectivity index (χ4v) is 3.91. The average Bonchev–Trinajstić information content (AvgIpc) is 3.30. The molecule has 0 radical (unpaired) electrons. The topological polar surface area (TPSA) is 24.5 Å². The predicted octanol–water partition coefficient (Wildman–Crippen LogP) is 2.80. The molecule has 0 aromatic rings. The largest absolute Gasteiger partial charge is 0.378 e. The van der Waals surface area contributed by atoms with Gasteiger partial charge in [-0.2, -0.15) is 0 Å². The first-order chi connectivity index (χ1) is 9.74. The van der Waals surface area contributed by atoms with Crippen molar-refractivity contribution in [2.45, 2.75) is 83.0 Å². The van der Waals surface area contributed by atoms with E-state index >= 15 is 0 Å². The Labute approximate surface area is 124 Å². The lowest BCUT2D eigenvalue weighted by atomic mass is 9.93. The van der Waals surface area contributed by atoms with Gasteiger partial charge in [-0.15, -0.1) is 0 Å². The number of ether oxygens (including phenoxy) is 1. The highest BCUT2D eigenvalue weighted by atomic mass is 16.5. The van der Waals surface area contributed by atoms with Gasteiger partial charge < -0.3 is 10.1 Å². The quantitative estimate of drug-likeness (QED) is 0.838. The molecule has 1 aliphatic carbocycles. The molecular weight excluding hydrogens is 248 g/mol. The van der Waals surface area contributed by atoms with Crippen molar-refractivity contribution < 1.29 is 4.74 Å². The fraction of sp³-hybridized carbons (Fsp3) is 1.00. The average molecular weight is 280 g/mol. The number of hydrogen-bond acceptors (Lipinski definition) is 3. The molecule has 116 valence electrons. The Morgan fingerprint density at radius 3 is 2.60 bits per heavy atom. The maximum Gasteiger partial charge on any atom is 0.0612 e. The highest BCUT2D eigenvalue weighted by Crippen LogP contribution is 2.34. The molecule has 2 heterocycles. The maximum atomic E-state index is 5.97. The van der Waals surface area contributed by atoms with E-state index in [1.807, 2.05) is 0 Å². The summed E-state index contributed by atoms with van der Waals surface area (Å²) in [6.07, 6.45) is 9.99. The van der Waals surface area contributed by atoms with Gasteiger partial charge in [-0.05, 0) is 51.0 Å². The van der Waals surface area contributed by atoms with Crippen molar-refractivity contribution in [3.8, 4) is 0 Å². The summed E-state index contributed by atoms with van der Waals surface area (Å²) >= 11 is 0. The molecule has 3 atom stereocenters. The van der Waals surface area contributed by atoms with E-state index in [4.69, 9.17) is 4.74 Å². The van der Waals surface area contributed by atoms with Crippen LogP contribution in [0.25, 0.3) is 0 Å². The maximum absolute atomic E-state index is 5.97. The van der Waals surface area contributed by atoms with Crippen LogP contribution in [0.2, 0.25) is 0 Å². The monoisotopic (exact) mass is 280 g/mol. The SMILES string of the molecule is CC(C)C1CC(N(CC2CCCCN2)C2CC2)CCO1. The standard InChI is InChI=1S/C17H32N2O/c1-13(2)17-11-16(8-10-20-17)19(15-6-7-15)12-14-5-3-4-9-18-14/h13-18H,3-12H2,1-2H3. The molecule has 0 spiro atoms. The Bertz CT molecular complexity index is 297. The third-order valence-electron chi connectivity index (χ3n) is 5.36. The summed E-state index contributed by atoms with van der Waals surface area (Å²) in [4.78, 5) is 2.85. The normalized spacial score (nSPS) is 35.7. The molecule has 2 aliphatic heterocycles. The molecule has 3 fully saturated rings. The Balaban J connectivity index is 1.58. The van der Waals surface area contributed by atoms with Gasteiger partial charge >= 0.3 is 0 Å². The number of piperidine rings is 1. The second-order valence-electron chi connectivity index (χ2n) is 7.41. The summed E-state index contributed by atoms with van der Waals surface area (Å²) in [7, 11) is 0. The van der Waals surface area contributed by atoms with Gasteiger partial charge in [0.15, 0.2) is 0 Å². The minimum atomic E-state index is 0.481. The van der Waals surface area contributed by atoms with Crippen LogP contribution < -0.4 is 5.32 Å². The lowest BCUT2D eigenvalue weighted by molar-refractivity contribution is -0.0517. The van der Waals surface area contributed by atoms with E-state index in [1.54, 1.807) is 0 Å². The third kappa shape index (κ3) is 3.75. The van der Waals surface area contributed by atoms with E-state index in [1.165, 1.54) is 58.0 Å². The van der Waals surface area contributed by atoms with Crippen molar-refractivity contribution in [1.82, 2.24) is 10.2 Å². The van der Waals surface area contributed by atoms with Crippen LogP contribution in [0.15, 0.2) is 0 Å². The summed E-state index contributed by atoms with van der Waals surface area (Å²) in [6.45, 7) is 8.08. The molecule has 0 aromatic carbocycles. The first-order valence-electron chi connectivity index (χ1n) is 8.85. The van der Waals surface area contributed by atoms with Crippen molar-refractivity contribution in [2.75, 3.05) is 19.7 Å². The molecule has 0 bridgehead atoms. The van der Waals surface area contributed by atoms with E-state index in [9.17, 15) is 0 Å². The van der Waals surface area contributed by atoms with Crippen LogP contribution >= 0.6 is 0 Å². The molecule has 2 saturated heterocycles. The smallest absolute Gasteiger partial charge is 0.0612 e. The van der Waals surface area contributed by atoms with Crippen LogP contribution in [0.3, 0.4) is 0 Å². The van der Waals surface area contributed by atoms with Crippen LogP contribution in [-0.2, 0) is 4.74 Å². The van der Waals surface area contributed by atoms with E-state index in [0.29, 0.717) is 12.0 Å². The molecule has 3 unspecified atom stereocenters. The van der Waals surface area contributed by atoms with Crippen molar-refractivity contribution in [3.63, 3.8) is 0 Å². The minimum Gasteiger partial charge on any atom is -0.378 e. The van der Waals surface area contributed by atoms with Gasteiger partial charge in [-0.1, -0.05) is 20.3 Å². The van der Waals surface area contributed by atoms with Crippen LogP contribution in [0.5, 0.6) is 0 Å². The van der Waals surface area contributed by atoms with Gasteiger partial charge in [-0.3, -0.25) is 4.90 Å². The van der Waals surface area contributed by atoms with Gasteiger partial charge in [0.05, 0.1) is 6.10 Å². The van der Waals surface area contributed by atoms with Crippen molar-refractivity contribution in [2.24, 2.45) is 5.92 Å². The van der Waals surface area contributed by atoms with Crippen LogP contribution in [0.4, 0.5) is 0 Å². The Morgan fingerprint density at radius 1 is 1.10 bits per heavy atom. The summed E-state index contributed by atoms with van der Waals surface area (Å²) < 4.78 is 5.97. The Hall–Kier alpha value is -0.120. The van der Waals surface area contributed by atoms with Crippen molar-refractivity contribution in [3.05, 3.63) is 0 Å². The number of nitrogens with one attached hydrogen (secondary N) is 1. The van der Waals surface area contributed by atoms with Gasteiger partial charge in [0, 0.05) is 31.3 Å². The molecule has 3 rings (SSSR count). The molecule has 0 aromatic heterocycles. The second-order valence-corrected chi connectivity index (χ2v) is 7.41. The first kappa shape index (κ1) is 14.8. The summed E-state index contributed by atoms with van der Waals surface area (Å²) in [5.41, 5.74) is 0. The lowest BCUT2D eigenvalue weighted by Crippen LogP contribution is -2.51. The highest BCUT2D eigenvalue weighted by molar-refractivity contribution is 4.93. The van der Waals surface area contributed by atoms with E-state index in [0.717, 1.165) is 24.7 Å². The number of hydrogen-bond donors (Lipinski definition) is 1. The molecule has 0 amide bonds. The summed E-state index contributed by atoms with van der Waals surface area (Å²) in [6, 6.07) is 2.40. The minimum absolute atomic E-state index is 0.481. The van der Waals surface area contributed by atoms with Gasteiger partial charge in [0.25, 0.3) is 0 Å². The summed E-state index contributed by atoms with van der Waals surface area (Å²) in [5.74, 6) is 0.659. The molecule has 3 aliphatic rings. The zero-order valence-corrected chi connectivity index (χ0v) is 13.3. The third-order valence-corrected chi connectivity index (χ3v) is 5.36. The Morgan fingerprint density at radius 2 is 1.95 bits per heavy atom. The van der Waals surface area contributed by atoms with E-state index in [2.05, 4.69) is 24.1 Å². The van der Waals surface area contributed by atoms with Crippen molar-refractivity contribution >= 4 is 0 Å². The highest BCUT2D eigenvalue weighted by Gasteiger charge is 2.38. The second kappa shape index (κ2) is 6.76. The summed E-state index contributed by atoms with van der Waals surface area (Å²) in [5, 5.41) is 3.73. The molecular formula is C17H32N2O. The van der Waals surface area contributed by atoms with Crippen LogP contribution in [0, 0.1) is 5.92 Å². The van der Waals surface area contributed by atoms with Crippen LogP contribution in [-0.4, -0.2) is 48.8 Å². The molecule has 1 N–H and O–H groups in total. The molecule has 1 saturated carbocycles. The Kier molecular flexibility index (Phi) is 5.00. The van der Waals surface area contributed by atoms with Gasteiger partial charge in [-0.25, -0.2) is 0 Å². The first-order valence-corrected chi connectivity index (χ1v) is 8.85. The van der Waals surface area contributed by atoms with Crippen LogP contribution in [0.1, 0.15) is 58.8 Å². The van der Waals surface area contributed by atoms with Gasteiger partial charge in [0.2, 0.25) is 0 Å². The van der Waals surface area contributed by atoms with Crippen molar-refractivity contribution in [1.29, 1.82) is 0 Å². The zero-order chi connectivity index (χ0) is 13.9. The molecule has 20 heavy (non-hydrogen) atoms. The molecule has 3 nitrogen and oxygen atoms in total. The number of nitrogens with zero attached hydrogens (tertiary/aromatic N) is 1. The lowest BCUT2D eigenvalue weighted by Gasteiger charge is -2.41. The van der Waals surface area contributed by atoms with E-state index < -0.39 is 0 Å². The zero-order valence-electron chi connectivity index (χ0n) is 13.3. The molecule has 3 heteroatoms. The van der Waals surface area contributed by atoms with Gasteiger partial charge in [0.1, 0.15) is 0 Å². The van der Waals surface area contributed by atoms with E-state index in [-0.39, 0.29) is 0 Å². The fourth-order valence-electron chi connectivity index (χ4n) is 3.91. The number of rotatable bonds is 5.